The van der Waals surface area contributed by atoms with Crippen LogP contribution in [0.25, 0.3) is 121 Å². The molecule has 13 rings (SSSR count). The van der Waals surface area contributed by atoms with E-state index in [0.717, 1.165) is 5.69 Å². The summed E-state index contributed by atoms with van der Waals surface area (Å²) < 4.78 is 4.87. The summed E-state index contributed by atoms with van der Waals surface area (Å²) in [5.41, 5.74) is 17.4. The van der Waals surface area contributed by atoms with Gasteiger partial charge in [0, 0.05) is 38.3 Å². The molecule has 0 N–H and O–H groups in total. The number of fused-ring (bicyclic) bond motifs is 11. The zero-order valence-electron chi connectivity index (χ0n) is 31.5. The van der Waals surface area contributed by atoms with E-state index in [-0.39, 0.29) is 0 Å². The Hall–Kier alpha value is -7.68. The highest BCUT2D eigenvalue weighted by Crippen LogP contribution is 2.48. The molecule has 0 radical (unpaired) electrons. The van der Waals surface area contributed by atoms with Crippen LogP contribution in [0, 0.1) is 0 Å². The minimum absolute atomic E-state index is 1.15. The second-order valence-corrected chi connectivity index (χ2v) is 15.7. The van der Waals surface area contributed by atoms with Gasteiger partial charge in [-0.25, -0.2) is 0 Å². The van der Waals surface area contributed by atoms with Crippen molar-refractivity contribution in [3.8, 4) is 55.9 Å². The number of aromatic nitrogens is 2. The fraction of sp³-hybridized carbons (Fsp3) is 0. The van der Waals surface area contributed by atoms with Gasteiger partial charge in [0.25, 0.3) is 0 Å². The Kier molecular flexibility index (Phi) is 6.47. The first-order chi connectivity index (χ1) is 28.8. The van der Waals surface area contributed by atoms with Crippen LogP contribution in [-0.2, 0) is 0 Å². The van der Waals surface area contributed by atoms with Crippen LogP contribution in [-0.4, -0.2) is 9.13 Å². The molecule has 1 aliphatic carbocycles. The normalized spacial score (nSPS) is 12.1. The summed E-state index contributed by atoms with van der Waals surface area (Å²) in [5.74, 6) is 0. The molecule has 1 aliphatic rings. The molecule has 2 nitrogen and oxygen atoms in total. The van der Waals surface area contributed by atoms with Crippen molar-refractivity contribution < 1.29 is 0 Å². The van der Waals surface area contributed by atoms with E-state index in [4.69, 9.17) is 0 Å². The van der Waals surface area contributed by atoms with E-state index in [9.17, 15) is 0 Å². The van der Waals surface area contributed by atoms with Crippen LogP contribution < -0.4 is 0 Å². The van der Waals surface area contributed by atoms with Gasteiger partial charge in [-0.2, -0.15) is 0 Å². The topological polar surface area (TPSA) is 9.86 Å². The van der Waals surface area contributed by atoms with Crippen LogP contribution in [0.5, 0.6) is 0 Å². The van der Waals surface area contributed by atoms with Crippen LogP contribution in [0.1, 0.15) is 0 Å². The molecule has 0 unspecified atom stereocenters. The number of benzene rings is 10. The Labute approximate surface area is 335 Å². The SMILES string of the molecule is c1ccc(-n2c3cc(-c4ccc5c(c4)c4ccccc4n5-c4ccc(-c5ccc6c(c5)-c5cccc7cccc-6c57)cc4)ccc3c3ccc4ccccc4c32)cc1. The number of para-hydroxylation sites is 2. The maximum atomic E-state index is 2.45. The van der Waals surface area contributed by atoms with Crippen molar-refractivity contribution >= 4 is 65.2 Å². The Morgan fingerprint density at radius 1 is 0.259 bits per heavy atom. The Morgan fingerprint density at radius 2 is 0.862 bits per heavy atom. The Balaban J connectivity index is 0.927. The number of nitrogens with zero attached hydrogens (tertiary/aromatic N) is 2. The van der Waals surface area contributed by atoms with Crippen LogP contribution in [0.15, 0.2) is 206 Å². The van der Waals surface area contributed by atoms with Gasteiger partial charge in [-0.3, -0.25) is 0 Å². The summed E-state index contributed by atoms with van der Waals surface area (Å²) in [6, 6.07) is 76.2. The highest BCUT2D eigenvalue weighted by molar-refractivity contribution is 6.19. The molecule has 2 heterocycles. The second-order valence-electron chi connectivity index (χ2n) is 15.7. The third-order valence-electron chi connectivity index (χ3n) is 12.6. The van der Waals surface area contributed by atoms with Gasteiger partial charge < -0.3 is 9.13 Å². The molecule has 0 saturated carbocycles. The molecule has 58 heavy (non-hydrogen) atoms. The van der Waals surface area contributed by atoms with Gasteiger partial charge in [-0.15, -0.1) is 0 Å². The Morgan fingerprint density at radius 3 is 1.72 bits per heavy atom. The standard InChI is InChI=1S/C56H34N2/c1-2-13-41(14-3-1)58-54-34-40(24-29-46(54)49-30-22-36-10-4-5-15-43(36)56(49)58)39-25-31-53-51(33-39)45-16-6-7-19-52(45)57(53)42-26-20-35(21-27-42)38-23-28-44-47-17-8-11-37-12-9-18-48(55(37)47)50(44)32-38/h1-34H. The highest BCUT2D eigenvalue weighted by atomic mass is 15.0. The molecule has 268 valence electrons. The largest absolute Gasteiger partial charge is 0.309 e. The zero-order valence-corrected chi connectivity index (χ0v) is 31.5. The monoisotopic (exact) mass is 734 g/mol. The first-order valence-corrected chi connectivity index (χ1v) is 20.1. The summed E-state index contributed by atoms with van der Waals surface area (Å²) in [4.78, 5) is 0. The number of hydrogen-bond acceptors (Lipinski definition) is 0. The third kappa shape index (κ3) is 4.43. The van der Waals surface area contributed by atoms with Crippen LogP contribution in [0.2, 0.25) is 0 Å². The van der Waals surface area contributed by atoms with E-state index >= 15 is 0 Å². The van der Waals surface area contributed by atoms with Crippen molar-refractivity contribution in [3.05, 3.63) is 206 Å². The maximum absolute atomic E-state index is 2.45. The van der Waals surface area contributed by atoms with Crippen molar-refractivity contribution in [2.45, 2.75) is 0 Å². The molecule has 10 aromatic carbocycles. The van der Waals surface area contributed by atoms with E-state index in [0.29, 0.717) is 0 Å². The van der Waals surface area contributed by atoms with Crippen molar-refractivity contribution in [2.75, 3.05) is 0 Å². The van der Waals surface area contributed by atoms with E-state index in [1.165, 1.54) is 115 Å². The van der Waals surface area contributed by atoms with Crippen LogP contribution >= 0.6 is 0 Å². The summed E-state index contributed by atoms with van der Waals surface area (Å²) >= 11 is 0. The van der Waals surface area contributed by atoms with Gasteiger partial charge in [0.15, 0.2) is 0 Å². The Bertz CT molecular complexity index is 3650. The van der Waals surface area contributed by atoms with Crippen LogP contribution in [0.3, 0.4) is 0 Å². The molecule has 2 heteroatoms. The van der Waals surface area contributed by atoms with Gasteiger partial charge in [0.05, 0.1) is 22.1 Å². The summed E-state index contributed by atoms with van der Waals surface area (Å²) in [5, 5.41) is 10.2. The lowest BCUT2D eigenvalue weighted by Crippen LogP contribution is -1.94. The minimum atomic E-state index is 1.15. The van der Waals surface area contributed by atoms with E-state index in [2.05, 4.69) is 215 Å². The van der Waals surface area contributed by atoms with Crippen molar-refractivity contribution in [1.29, 1.82) is 0 Å². The van der Waals surface area contributed by atoms with Gasteiger partial charge >= 0.3 is 0 Å². The molecule has 0 amide bonds. The fourth-order valence-corrected chi connectivity index (χ4v) is 10.0. The lowest BCUT2D eigenvalue weighted by molar-refractivity contribution is 1.18. The minimum Gasteiger partial charge on any atom is -0.309 e. The molecule has 0 spiro atoms. The zero-order chi connectivity index (χ0) is 37.9. The molecule has 0 aliphatic heterocycles. The highest BCUT2D eigenvalue weighted by Gasteiger charge is 2.22. The fourth-order valence-electron chi connectivity index (χ4n) is 10.0. The quantitative estimate of drug-likeness (QED) is 0.170. The molecular weight excluding hydrogens is 701 g/mol. The lowest BCUT2D eigenvalue weighted by atomic mass is 9.97. The van der Waals surface area contributed by atoms with Gasteiger partial charge in [-0.1, -0.05) is 152 Å². The molecule has 0 bridgehead atoms. The lowest BCUT2D eigenvalue weighted by Gasteiger charge is -2.11. The average Bonchev–Trinajstić information content (AvgIpc) is 3.93. The summed E-state index contributed by atoms with van der Waals surface area (Å²) in [7, 11) is 0. The van der Waals surface area contributed by atoms with E-state index in [1.807, 2.05) is 0 Å². The second kappa shape index (κ2) is 11.9. The average molecular weight is 735 g/mol. The number of hydrogen-bond donors (Lipinski definition) is 0. The molecule has 0 saturated heterocycles. The first kappa shape index (κ1) is 31.5. The predicted molar refractivity (Wildman–Crippen MR) is 245 cm³/mol. The molecule has 0 fully saturated rings. The smallest absolute Gasteiger partial charge is 0.0619 e. The summed E-state index contributed by atoms with van der Waals surface area (Å²) in [6.07, 6.45) is 0. The van der Waals surface area contributed by atoms with Crippen molar-refractivity contribution in [1.82, 2.24) is 9.13 Å². The van der Waals surface area contributed by atoms with E-state index in [1.54, 1.807) is 0 Å². The molecule has 0 atom stereocenters. The van der Waals surface area contributed by atoms with Crippen molar-refractivity contribution in [3.63, 3.8) is 0 Å². The first-order valence-electron chi connectivity index (χ1n) is 20.1. The van der Waals surface area contributed by atoms with Gasteiger partial charge in [0.2, 0.25) is 0 Å². The third-order valence-corrected chi connectivity index (χ3v) is 12.6. The van der Waals surface area contributed by atoms with Crippen molar-refractivity contribution in [2.24, 2.45) is 0 Å². The number of rotatable bonds is 4. The van der Waals surface area contributed by atoms with Crippen LogP contribution in [0.4, 0.5) is 0 Å². The molecule has 12 aromatic rings. The van der Waals surface area contributed by atoms with E-state index < -0.39 is 0 Å². The predicted octanol–water partition coefficient (Wildman–Crippen LogP) is 15.2. The molecular formula is C56H34N2. The van der Waals surface area contributed by atoms with Gasteiger partial charge in [-0.05, 0) is 115 Å². The van der Waals surface area contributed by atoms with Gasteiger partial charge in [0.1, 0.15) is 0 Å². The molecule has 2 aromatic heterocycles. The summed E-state index contributed by atoms with van der Waals surface area (Å²) in [6.45, 7) is 0. The maximum Gasteiger partial charge on any atom is 0.0619 e.